The zero-order chi connectivity index (χ0) is 14.4. The first-order chi connectivity index (χ1) is 8.92. The number of carboxylic acids is 1. The van der Waals surface area contributed by atoms with Gasteiger partial charge in [0.15, 0.2) is 5.82 Å². The first-order valence-corrected chi connectivity index (χ1v) is 6.25. The molecule has 6 nitrogen and oxygen atoms in total. The number of ether oxygens (including phenoxy) is 1. The second kappa shape index (κ2) is 7.04. The van der Waals surface area contributed by atoms with Gasteiger partial charge >= 0.3 is 5.97 Å². The molecule has 106 valence electrons. The van der Waals surface area contributed by atoms with Crippen LogP contribution >= 0.6 is 0 Å². The van der Waals surface area contributed by atoms with Crippen LogP contribution in [0.5, 0.6) is 0 Å². The summed E-state index contributed by atoms with van der Waals surface area (Å²) in [5, 5.41) is 12.1. The van der Waals surface area contributed by atoms with Crippen molar-refractivity contribution in [3.05, 3.63) is 17.6 Å². The van der Waals surface area contributed by atoms with Crippen LogP contribution in [0.1, 0.15) is 31.8 Å². The van der Waals surface area contributed by atoms with E-state index in [0.717, 1.165) is 5.69 Å². The monoisotopic (exact) mass is 267 g/mol. The van der Waals surface area contributed by atoms with Gasteiger partial charge in [-0.1, -0.05) is 13.8 Å². The van der Waals surface area contributed by atoms with Crippen LogP contribution in [-0.2, 0) is 16.1 Å². The summed E-state index contributed by atoms with van der Waals surface area (Å²) in [5.41, 5.74) is 0.776. The van der Waals surface area contributed by atoms with Crippen LogP contribution in [0, 0.1) is 12.8 Å². The molecule has 0 aromatic carbocycles. The highest BCUT2D eigenvalue weighted by atomic mass is 16.5. The first kappa shape index (κ1) is 15.4. The zero-order valence-electron chi connectivity index (χ0n) is 11.8. The largest absolute Gasteiger partial charge is 0.480 e. The molecule has 0 aliphatic carbocycles. The van der Waals surface area contributed by atoms with Gasteiger partial charge in [-0.3, -0.25) is 0 Å². The molecule has 0 amide bonds. The van der Waals surface area contributed by atoms with Crippen LogP contribution in [-0.4, -0.2) is 34.2 Å². The van der Waals surface area contributed by atoms with E-state index >= 15 is 0 Å². The maximum Gasteiger partial charge on any atom is 0.326 e. The highest BCUT2D eigenvalue weighted by Crippen LogP contribution is 2.13. The lowest BCUT2D eigenvalue weighted by molar-refractivity contribution is -0.138. The molecular weight excluding hydrogens is 246 g/mol. The Labute approximate surface area is 113 Å². The predicted octanol–water partition coefficient (Wildman–Crippen LogP) is 1.84. The minimum atomic E-state index is -0.877. The quantitative estimate of drug-likeness (QED) is 0.784. The first-order valence-electron chi connectivity index (χ1n) is 6.25. The minimum absolute atomic E-state index is 0.287. The summed E-state index contributed by atoms with van der Waals surface area (Å²) < 4.78 is 4.99. The third-order valence-electron chi connectivity index (χ3n) is 2.50. The van der Waals surface area contributed by atoms with Gasteiger partial charge in [0.25, 0.3) is 0 Å². The van der Waals surface area contributed by atoms with Gasteiger partial charge in [-0.2, -0.15) is 0 Å². The van der Waals surface area contributed by atoms with Crippen molar-refractivity contribution < 1.29 is 14.6 Å². The number of carboxylic acid groups (broad SMARTS) is 1. The number of rotatable bonds is 7. The lowest BCUT2D eigenvalue weighted by Crippen LogP contribution is -2.31. The molecule has 1 rings (SSSR count). The van der Waals surface area contributed by atoms with Crippen LogP contribution < -0.4 is 5.32 Å². The van der Waals surface area contributed by atoms with Gasteiger partial charge in [0.05, 0.1) is 0 Å². The molecule has 0 saturated heterocycles. The fraction of sp³-hybridized carbons (Fsp3) is 0.615. The van der Waals surface area contributed by atoms with Crippen LogP contribution in [0.25, 0.3) is 0 Å². The summed E-state index contributed by atoms with van der Waals surface area (Å²) in [4.78, 5) is 19.7. The Morgan fingerprint density at radius 2 is 2.16 bits per heavy atom. The van der Waals surface area contributed by atoms with Crippen LogP contribution in [0.4, 0.5) is 5.82 Å². The van der Waals surface area contributed by atoms with Gasteiger partial charge in [0.1, 0.15) is 18.5 Å². The highest BCUT2D eigenvalue weighted by Gasteiger charge is 2.19. The van der Waals surface area contributed by atoms with E-state index in [9.17, 15) is 9.90 Å². The van der Waals surface area contributed by atoms with Gasteiger partial charge < -0.3 is 15.2 Å². The molecule has 2 N–H and O–H groups in total. The molecule has 19 heavy (non-hydrogen) atoms. The molecular formula is C13H21N3O3. The number of carbonyl (C=O) groups is 1. The SMILES string of the molecule is COCc1nc(C)cc(N[C@@H](CC(C)C)C(=O)O)n1. The number of aryl methyl sites for hydroxylation is 1. The lowest BCUT2D eigenvalue weighted by Gasteiger charge is -2.17. The van der Waals surface area contributed by atoms with Crippen molar-refractivity contribution in [2.24, 2.45) is 5.92 Å². The van der Waals surface area contributed by atoms with Crippen molar-refractivity contribution in [1.29, 1.82) is 0 Å². The van der Waals surface area contributed by atoms with Crippen molar-refractivity contribution in [3.8, 4) is 0 Å². The number of hydrogen-bond donors (Lipinski definition) is 2. The molecule has 0 aliphatic heterocycles. The Morgan fingerprint density at radius 1 is 1.47 bits per heavy atom. The summed E-state index contributed by atoms with van der Waals surface area (Å²) in [6, 6.07) is 1.08. The smallest absolute Gasteiger partial charge is 0.326 e. The number of aliphatic carboxylic acids is 1. The molecule has 0 aliphatic rings. The van der Waals surface area contributed by atoms with E-state index < -0.39 is 12.0 Å². The molecule has 6 heteroatoms. The minimum Gasteiger partial charge on any atom is -0.480 e. The van der Waals surface area contributed by atoms with E-state index in [1.807, 2.05) is 20.8 Å². The Kier molecular flexibility index (Phi) is 5.69. The third-order valence-corrected chi connectivity index (χ3v) is 2.50. The van der Waals surface area contributed by atoms with Crippen molar-refractivity contribution in [1.82, 2.24) is 9.97 Å². The van der Waals surface area contributed by atoms with E-state index in [-0.39, 0.29) is 5.92 Å². The Bertz CT molecular complexity index is 435. The summed E-state index contributed by atoms with van der Waals surface area (Å²) in [5.74, 6) is 0.472. The molecule has 1 heterocycles. The molecule has 1 aromatic heterocycles. The summed E-state index contributed by atoms with van der Waals surface area (Å²) in [6.07, 6.45) is 0.540. The van der Waals surface area contributed by atoms with Crippen molar-refractivity contribution >= 4 is 11.8 Å². The summed E-state index contributed by atoms with van der Waals surface area (Å²) >= 11 is 0. The molecule has 0 saturated carbocycles. The average Bonchev–Trinajstić information content (AvgIpc) is 2.27. The molecule has 0 fully saturated rings. The number of methoxy groups -OCH3 is 1. The van der Waals surface area contributed by atoms with Gasteiger partial charge in [-0.25, -0.2) is 14.8 Å². The van der Waals surface area contributed by atoms with E-state index in [0.29, 0.717) is 24.7 Å². The second-order valence-electron chi connectivity index (χ2n) is 4.91. The Balaban J connectivity index is 2.86. The van der Waals surface area contributed by atoms with E-state index in [1.165, 1.54) is 0 Å². The van der Waals surface area contributed by atoms with Gasteiger partial charge in [0.2, 0.25) is 0 Å². The Hall–Kier alpha value is -1.69. The van der Waals surface area contributed by atoms with Crippen molar-refractivity contribution in [3.63, 3.8) is 0 Å². The van der Waals surface area contributed by atoms with Crippen LogP contribution in [0.2, 0.25) is 0 Å². The Morgan fingerprint density at radius 3 is 2.68 bits per heavy atom. The van der Waals surface area contributed by atoms with Crippen LogP contribution in [0.15, 0.2) is 6.07 Å². The normalized spacial score (nSPS) is 12.5. The topological polar surface area (TPSA) is 84.3 Å². The zero-order valence-corrected chi connectivity index (χ0v) is 11.8. The number of aromatic nitrogens is 2. The molecule has 1 aromatic rings. The van der Waals surface area contributed by atoms with Gasteiger partial charge in [-0.05, 0) is 19.3 Å². The molecule has 0 bridgehead atoms. The third kappa shape index (κ3) is 5.21. The second-order valence-corrected chi connectivity index (χ2v) is 4.91. The number of hydrogen-bond acceptors (Lipinski definition) is 5. The fourth-order valence-corrected chi connectivity index (χ4v) is 1.77. The van der Waals surface area contributed by atoms with Crippen molar-refractivity contribution in [2.45, 2.75) is 39.8 Å². The molecule has 0 spiro atoms. The average molecular weight is 267 g/mol. The highest BCUT2D eigenvalue weighted by molar-refractivity contribution is 5.76. The fourth-order valence-electron chi connectivity index (χ4n) is 1.77. The summed E-state index contributed by atoms with van der Waals surface area (Å²) in [7, 11) is 1.57. The summed E-state index contributed by atoms with van der Waals surface area (Å²) in [6.45, 7) is 6.11. The molecule has 0 radical (unpaired) electrons. The van der Waals surface area contributed by atoms with E-state index in [1.54, 1.807) is 13.2 Å². The van der Waals surface area contributed by atoms with E-state index in [2.05, 4.69) is 15.3 Å². The lowest BCUT2D eigenvalue weighted by atomic mass is 10.0. The number of anilines is 1. The molecule has 0 unspecified atom stereocenters. The number of nitrogens with one attached hydrogen (secondary N) is 1. The standard InChI is InChI=1S/C13H21N3O3/c1-8(2)5-10(13(17)18)15-11-6-9(3)14-12(16-11)7-19-4/h6,8,10H,5,7H2,1-4H3,(H,17,18)(H,14,15,16)/t10-/m0/s1. The van der Waals surface area contributed by atoms with E-state index in [4.69, 9.17) is 4.74 Å². The number of nitrogens with zero attached hydrogens (tertiary/aromatic N) is 2. The molecule has 1 atom stereocenters. The maximum atomic E-state index is 11.2. The maximum absolute atomic E-state index is 11.2. The van der Waals surface area contributed by atoms with Gasteiger partial charge in [0, 0.05) is 18.9 Å². The van der Waals surface area contributed by atoms with Gasteiger partial charge in [-0.15, -0.1) is 0 Å². The van der Waals surface area contributed by atoms with Crippen molar-refractivity contribution in [2.75, 3.05) is 12.4 Å². The predicted molar refractivity (Wildman–Crippen MR) is 72.0 cm³/mol. The van der Waals surface area contributed by atoms with Crippen LogP contribution in [0.3, 0.4) is 0 Å².